The van der Waals surface area contributed by atoms with Crippen LogP contribution in [0.4, 0.5) is 8.78 Å². The summed E-state index contributed by atoms with van der Waals surface area (Å²) in [5, 5.41) is 8.60. The molecule has 4 heteroatoms. The molecule has 0 heterocycles. The maximum atomic E-state index is 13.5. The van der Waals surface area contributed by atoms with Gasteiger partial charge in [0.2, 0.25) is 0 Å². The molecule has 15 heavy (non-hydrogen) atoms. The minimum atomic E-state index is -2.92. The number of carbonyl (C=O) groups is 1. The molecule has 0 aliphatic rings. The van der Waals surface area contributed by atoms with E-state index in [-0.39, 0.29) is 11.1 Å². The Morgan fingerprint density at radius 1 is 1.27 bits per heavy atom. The first-order valence-electron chi connectivity index (χ1n) is 4.57. The maximum absolute atomic E-state index is 13.5. The van der Waals surface area contributed by atoms with Crippen LogP contribution in [-0.4, -0.2) is 11.1 Å². The van der Waals surface area contributed by atoms with Gasteiger partial charge in [-0.3, -0.25) is 0 Å². The Kier molecular flexibility index (Phi) is 3.07. The molecule has 0 saturated carbocycles. The summed E-state index contributed by atoms with van der Waals surface area (Å²) in [4.78, 5) is 10.5. The molecule has 0 aromatic heterocycles. The molecule has 0 aliphatic heterocycles. The second-order valence-corrected chi connectivity index (χ2v) is 3.66. The first kappa shape index (κ1) is 11.6. The van der Waals surface area contributed by atoms with Gasteiger partial charge in [-0.25, -0.2) is 13.6 Å². The van der Waals surface area contributed by atoms with Crippen molar-refractivity contribution in [3.63, 3.8) is 0 Å². The molecule has 1 N–H and O–H groups in total. The standard InChI is InChI=1S/C11H12F2O2/c1-7(2)11(12,13)9-5-3-8(4-6-9)10(14)15/h3-7H,1-2H3,(H,14,15). The minimum Gasteiger partial charge on any atom is -0.478 e. The van der Waals surface area contributed by atoms with Gasteiger partial charge in [0.05, 0.1) is 5.56 Å². The van der Waals surface area contributed by atoms with Crippen molar-refractivity contribution in [3.05, 3.63) is 35.4 Å². The SMILES string of the molecule is CC(C)C(F)(F)c1ccc(C(=O)O)cc1. The molecule has 0 atom stereocenters. The van der Waals surface area contributed by atoms with E-state index in [1.165, 1.54) is 26.0 Å². The van der Waals surface area contributed by atoms with E-state index in [0.29, 0.717) is 0 Å². The third-order valence-electron chi connectivity index (χ3n) is 2.24. The highest BCUT2D eigenvalue weighted by atomic mass is 19.3. The minimum absolute atomic E-state index is 0.0123. The van der Waals surface area contributed by atoms with Crippen molar-refractivity contribution in [3.8, 4) is 0 Å². The number of rotatable bonds is 3. The molecule has 1 aromatic carbocycles. The van der Waals surface area contributed by atoms with Crippen LogP contribution in [0.5, 0.6) is 0 Å². The van der Waals surface area contributed by atoms with E-state index < -0.39 is 17.8 Å². The van der Waals surface area contributed by atoms with E-state index >= 15 is 0 Å². The van der Waals surface area contributed by atoms with Gasteiger partial charge in [-0.05, 0) is 12.1 Å². The van der Waals surface area contributed by atoms with Crippen molar-refractivity contribution in [1.29, 1.82) is 0 Å². The number of benzene rings is 1. The molecule has 1 aromatic rings. The average Bonchev–Trinajstić information content (AvgIpc) is 2.17. The molecule has 2 nitrogen and oxygen atoms in total. The summed E-state index contributed by atoms with van der Waals surface area (Å²) in [5.41, 5.74) is -0.138. The molecule has 82 valence electrons. The molecule has 0 bridgehead atoms. The fraction of sp³-hybridized carbons (Fsp3) is 0.364. The number of carboxylic acids is 1. The van der Waals surface area contributed by atoms with Gasteiger partial charge in [-0.2, -0.15) is 0 Å². The first-order chi connectivity index (χ1) is 6.85. The lowest BCUT2D eigenvalue weighted by Crippen LogP contribution is -2.20. The molecule has 0 aliphatic carbocycles. The van der Waals surface area contributed by atoms with Crippen molar-refractivity contribution < 1.29 is 18.7 Å². The Bertz CT molecular complexity index is 355. The number of halogens is 2. The summed E-state index contributed by atoms with van der Waals surface area (Å²) in [6, 6.07) is 4.69. The number of hydrogen-bond acceptors (Lipinski definition) is 1. The van der Waals surface area contributed by atoms with E-state index in [0.717, 1.165) is 12.1 Å². The monoisotopic (exact) mass is 214 g/mol. The zero-order valence-corrected chi connectivity index (χ0v) is 8.50. The highest BCUT2D eigenvalue weighted by molar-refractivity contribution is 5.87. The molecule has 1 rings (SSSR count). The zero-order chi connectivity index (χ0) is 11.6. The Morgan fingerprint density at radius 3 is 2.07 bits per heavy atom. The van der Waals surface area contributed by atoms with E-state index in [4.69, 9.17) is 5.11 Å². The maximum Gasteiger partial charge on any atom is 0.335 e. The van der Waals surface area contributed by atoms with Gasteiger partial charge in [0.25, 0.3) is 5.92 Å². The second-order valence-electron chi connectivity index (χ2n) is 3.66. The van der Waals surface area contributed by atoms with Crippen LogP contribution in [0.15, 0.2) is 24.3 Å². The quantitative estimate of drug-likeness (QED) is 0.839. The summed E-state index contributed by atoms with van der Waals surface area (Å²) in [5.74, 6) is -4.85. The van der Waals surface area contributed by atoms with Gasteiger partial charge in [0, 0.05) is 11.5 Å². The third-order valence-corrected chi connectivity index (χ3v) is 2.24. The number of hydrogen-bond donors (Lipinski definition) is 1. The van der Waals surface area contributed by atoms with E-state index in [1.807, 2.05) is 0 Å². The predicted molar refractivity (Wildman–Crippen MR) is 52.1 cm³/mol. The Morgan fingerprint density at radius 2 is 1.73 bits per heavy atom. The average molecular weight is 214 g/mol. The molecule has 0 saturated heterocycles. The van der Waals surface area contributed by atoms with E-state index in [1.54, 1.807) is 0 Å². The third kappa shape index (κ3) is 2.32. The van der Waals surface area contributed by atoms with Crippen LogP contribution < -0.4 is 0 Å². The van der Waals surface area contributed by atoms with Gasteiger partial charge in [-0.15, -0.1) is 0 Å². The summed E-state index contributed by atoms with van der Waals surface area (Å²) < 4.78 is 26.9. The molecule has 0 spiro atoms. The van der Waals surface area contributed by atoms with E-state index in [9.17, 15) is 13.6 Å². The highest BCUT2D eigenvalue weighted by Crippen LogP contribution is 2.35. The topological polar surface area (TPSA) is 37.3 Å². The summed E-state index contributed by atoms with van der Waals surface area (Å²) in [6.07, 6.45) is 0. The lowest BCUT2D eigenvalue weighted by molar-refractivity contribution is -0.0514. The van der Waals surface area contributed by atoms with Crippen LogP contribution in [0.3, 0.4) is 0 Å². The van der Waals surface area contributed by atoms with Gasteiger partial charge < -0.3 is 5.11 Å². The largest absolute Gasteiger partial charge is 0.478 e. The van der Waals surface area contributed by atoms with Crippen molar-refractivity contribution in [2.75, 3.05) is 0 Å². The summed E-state index contributed by atoms with van der Waals surface area (Å²) in [6.45, 7) is 2.84. The van der Waals surface area contributed by atoms with Crippen LogP contribution in [0.25, 0.3) is 0 Å². The highest BCUT2D eigenvalue weighted by Gasteiger charge is 2.35. The van der Waals surface area contributed by atoms with Gasteiger partial charge in [0.1, 0.15) is 0 Å². The fourth-order valence-corrected chi connectivity index (χ4v) is 1.17. The molecule has 0 unspecified atom stereocenters. The molecular formula is C11H12F2O2. The molecular weight excluding hydrogens is 202 g/mol. The van der Waals surface area contributed by atoms with Gasteiger partial charge in [0.15, 0.2) is 0 Å². The Labute approximate surface area is 86.5 Å². The fourth-order valence-electron chi connectivity index (χ4n) is 1.17. The van der Waals surface area contributed by atoms with Crippen LogP contribution in [0.2, 0.25) is 0 Å². The van der Waals surface area contributed by atoms with Gasteiger partial charge in [-0.1, -0.05) is 26.0 Å². The zero-order valence-electron chi connectivity index (χ0n) is 8.50. The van der Waals surface area contributed by atoms with Gasteiger partial charge >= 0.3 is 5.97 Å². The second kappa shape index (κ2) is 3.96. The number of aromatic carboxylic acids is 1. The van der Waals surface area contributed by atoms with Crippen molar-refractivity contribution in [1.82, 2.24) is 0 Å². The molecule has 0 fully saturated rings. The van der Waals surface area contributed by atoms with Crippen LogP contribution >= 0.6 is 0 Å². The van der Waals surface area contributed by atoms with Crippen LogP contribution in [-0.2, 0) is 5.92 Å². The summed E-state index contributed by atoms with van der Waals surface area (Å²) >= 11 is 0. The molecule has 0 amide bonds. The number of alkyl halides is 2. The van der Waals surface area contributed by atoms with Crippen molar-refractivity contribution >= 4 is 5.97 Å². The van der Waals surface area contributed by atoms with Crippen LogP contribution in [0, 0.1) is 5.92 Å². The van der Waals surface area contributed by atoms with E-state index in [2.05, 4.69) is 0 Å². The Balaban J connectivity index is 3.04. The van der Waals surface area contributed by atoms with Crippen LogP contribution in [0.1, 0.15) is 29.8 Å². The normalized spacial score (nSPS) is 11.8. The smallest absolute Gasteiger partial charge is 0.335 e. The predicted octanol–water partition coefficient (Wildman–Crippen LogP) is 3.13. The molecule has 0 radical (unpaired) electrons. The Hall–Kier alpha value is -1.45. The van der Waals surface area contributed by atoms with Crippen molar-refractivity contribution in [2.45, 2.75) is 19.8 Å². The van der Waals surface area contributed by atoms with Crippen molar-refractivity contribution in [2.24, 2.45) is 5.92 Å². The summed E-state index contributed by atoms with van der Waals surface area (Å²) in [7, 11) is 0. The lowest BCUT2D eigenvalue weighted by Gasteiger charge is -2.20. The first-order valence-corrected chi connectivity index (χ1v) is 4.57. The lowest BCUT2D eigenvalue weighted by atomic mass is 9.97. The number of carboxylic acid groups (broad SMARTS) is 1.